The normalized spacial score (nSPS) is 23.7. The average molecular weight is 402 g/mol. The third kappa shape index (κ3) is 7.08. The van der Waals surface area contributed by atoms with Gasteiger partial charge in [-0.05, 0) is 63.5 Å². The standard InChI is InChI=1S/C22H35N5O2/c1-25-12-3-14-27(17-16-25)22(29)20-4-2-13-26(15-8-21(28)24-11-7-20)18-19-5-9-23-10-6-19/h5-6,9-10,20H,2-4,7-8,11-18H2,1H3,(H,24,28). The van der Waals surface area contributed by atoms with E-state index in [1.54, 1.807) is 0 Å². The van der Waals surface area contributed by atoms with Crippen molar-refractivity contribution in [3.8, 4) is 0 Å². The van der Waals surface area contributed by atoms with E-state index in [0.717, 1.165) is 71.5 Å². The van der Waals surface area contributed by atoms with Crippen molar-refractivity contribution in [3.05, 3.63) is 30.1 Å². The van der Waals surface area contributed by atoms with E-state index in [9.17, 15) is 9.59 Å². The van der Waals surface area contributed by atoms with Gasteiger partial charge in [-0.25, -0.2) is 0 Å². The molecule has 2 saturated heterocycles. The Balaban J connectivity index is 1.60. The van der Waals surface area contributed by atoms with Crippen LogP contribution in [-0.2, 0) is 16.1 Å². The van der Waals surface area contributed by atoms with Crippen LogP contribution >= 0.6 is 0 Å². The Hall–Kier alpha value is -1.99. The van der Waals surface area contributed by atoms with Crippen molar-refractivity contribution in [2.75, 3.05) is 52.9 Å². The van der Waals surface area contributed by atoms with Crippen LogP contribution < -0.4 is 5.32 Å². The number of carbonyl (C=O) groups is 2. The quantitative estimate of drug-likeness (QED) is 0.828. The van der Waals surface area contributed by atoms with Crippen LogP contribution in [0.3, 0.4) is 0 Å². The molecule has 7 heteroatoms. The van der Waals surface area contributed by atoms with Gasteiger partial charge in [0.2, 0.25) is 11.8 Å². The molecule has 0 saturated carbocycles. The lowest BCUT2D eigenvalue weighted by Gasteiger charge is -2.27. The van der Waals surface area contributed by atoms with Gasteiger partial charge in [0, 0.05) is 64.0 Å². The van der Waals surface area contributed by atoms with E-state index in [2.05, 4.69) is 27.1 Å². The fourth-order valence-corrected chi connectivity index (χ4v) is 4.23. The monoisotopic (exact) mass is 401 g/mol. The highest BCUT2D eigenvalue weighted by molar-refractivity contribution is 5.79. The largest absolute Gasteiger partial charge is 0.356 e. The van der Waals surface area contributed by atoms with E-state index in [0.29, 0.717) is 13.0 Å². The molecule has 7 nitrogen and oxygen atoms in total. The summed E-state index contributed by atoms with van der Waals surface area (Å²) in [4.78, 5) is 36.2. The Kier molecular flexibility index (Phi) is 8.43. The molecule has 160 valence electrons. The first-order valence-corrected chi connectivity index (χ1v) is 11.0. The highest BCUT2D eigenvalue weighted by atomic mass is 16.2. The van der Waals surface area contributed by atoms with Crippen molar-refractivity contribution in [1.82, 2.24) is 25.0 Å². The van der Waals surface area contributed by atoms with Gasteiger partial charge in [0.15, 0.2) is 0 Å². The second-order valence-corrected chi connectivity index (χ2v) is 8.34. The van der Waals surface area contributed by atoms with E-state index in [1.807, 2.05) is 29.4 Å². The number of hydrogen-bond donors (Lipinski definition) is 1. The summed E-state index contributed by atoms with van der Waals surface area (Å²) in [6.45, 7) is 6.70. The second kappa shape index (κ2) is 11.3. The van der Waals surface area contributed by atoms with E-state index in [1.165, 1.54) is 5.56 Å². The summed E-state index contributed by atoms with van der Waals surface area (Å²) < 4.78 is 0. The highest BCUT2D eigenvalue weighted by Gasteiger charge is 2.26. The number of amides is 2. The number of rotatable bonds is 3. The molecule has 2 aliphatic heterocycles. The third-order valence-corrected chi connectivity index (χ3v) is 6.03. The zero-order valence-electron chi connectivity index (χ0n) is 17.7. The molecule has 2 fully saturated rings. The molecule has 0 spiro atoms. The van der Waals surface area contributed by atoms with Crippen LogP contribution in [0.1, 0.15) is 37.7 Å². The van der Waals surface area contributed by atoms with Gasteiger partial charge in [-0.1, -0.05) is 0 Å². The molecule has 3 rings (SSSR count). The van der Waals surface area contributed by atoms with Gasteiger partial charge in [-0.15, -0.1) is 0 Å². The first-order valence-electron chi connectivity index (χ1n) is 11.0. The summed E-state index contributed by atoms with van der Waals surface area (Å²) in [5.41, 5.74) is 1.21. The fourth-order valence-electron chi connectivity index (χ4n) is 4.23. The number of pyridine rings is 1. The summed E-state index contributed by atoms with van der Waals surface area (Å²) >= 11 is 0. The molecule has 29 heavy (non-hydrogen) atoms. The summed E-state index contributed by atoms with van der Waals surface area (Å²) in [5.74, 6) is 0.350. The maximum absolute atomic E-state index is 13.2. The molecular weight excluding hydrogens is 366 g/mol. The van der Waals surface area contributed by atoms with Crippen molar-refractivity contribution >= 4 is 11.8 Å². The van der Waals surface area contributed by atoms with Gasteiger partial charge in [-0.3, -0.25) is 19.5 Å². The molecule has 0 radical (unpaired) electrons. The van der Waals surface area contributed by atoms with Crippen LogP contribution in [0.5, 0.6) is 0 Å². The maximum atomic E-state index is 13.2. The topological polar surface area (TPSA) is 68.8 Å². The minimum Gasteiger partial charge on any atom is -0.356 e. The molecule has 0 bridgehead atoms. The third-order valence-electron chi connectivity index (χ3n) is 6.03. The molecule has 3 heterocycles. The van der Waals surface area contributed by atoms with Gasteiger partial charge in [0.05, 0.1) is 0 Å². The van der Waals surface area contributed by atoms with Crippen LogP contribution in [0.2, 0.25) is 0 Å². The molecule has 1 aromatic heterocycles. The van der Waals surface area contributed by atoms with Crippen LogP contribution in [-0.4, -0.2) is 84.4 Å². The lowest BCUT2D eigenvalue weighted by molar-refractivity contribution is -0.136. The molecule has 0 aliphatic carbocycles. The Morgan fingerprint density at radius 2 is 1.90 bits per heavy atom. The van der Waals surface area contributed by atoms with E-state index in [4.69, 9.17) is 0 Å². The predicted molar refractivity (Wildman–Crippen MR) is 113 cm³/mol. The summed E-state index contributed by atoms with van der Waals surface area (Å²) in [6.07, 6.45) is 7.75. The molecule has 1 N–H and O–H groups in total. The van der Waals surface area contributed by atoms with Gasteiger partial charge >= 0.3 is 0 Å². The first-order chi connectivity index (χ1) is 14.1. The van der Waals surface area contributed by atoms with Gasteiger partial charge < -0.3 is 15.1 Å². The van der Waals surface area contributed by atoms with Crippen molar-refractivity contribution in [2.24, 2.45) is 5.92 Å². The summed E-state index contributed by atoms with van der Waals surface area (Å²) in [7, 11) is 2.12. The zero-order chi connectivity index (χ0) is 20.5. The number of carbonyl (C=O) groups excluding carboxylic acids is 2. The SMILES string of the molecule is CN1CCCN(C(=O)C2CCCN(Cc3ccncc3)CCC(=O)NCC2)CC1. The lowest BCUT2D eigenvalue weighted by Crippen LogP contribution is -2.40. The minimum atomic E-state index is -0.000388. The van der Waals surface area contributed by atoms with Crippen molar-refractivity contribution in [2.45, 2.75) is 38.6 Å². The molecule has 1 unspecified atom stereocenters. The number of aromatic nitrogens is 1. The molecule has 1 atom stereocenters. The summed E-state index contributed by atoms with van der Waals surface area (Å²) in [5, 5.41) is 3.02. The Labute approximate surface area is 174 Å². The molecular formula is C22H35N5O2. The second-order valence-electron chi connectivity index (χ2n) is 8.34. The van der Waals surface area contributed by atoms with Crippen LogP contribution in [0.25, 0.3) is 0 Å². The predicted octanol–water partition coefficient (Wildman–Crippen LogP) is 1.35. The molecule has 1 aromatic rings. The number of nitrogens with zero attached hydrogens (tertiary/aromatic N) is 4. The fraction of sp³-hybridized carbons (Fsp3) is 0.682. The van der Waals surface area contributed by atoms with Gasteiger partial charge in [0.25, 0.3) is 0 Å². The lowest BCUT2D eigenvalue weighted by atomic mass is 9.97. The van der Waals surface area contributed by atoms with Crippen molar-refractivity contribution in [3.63, 3.8) is 0 Å². The van der Waals surface area contributed by atoms with Gasteiger partial charge in [-0.2, -0.15) is 0 Å². The molecule has 2 aliphatic rings. The zero-order valence-corrected chi connectivity index (χ0v) is 17.7. The first kappa shape index (κ1) is 21.7. The average Bonchev–Trinajstić information content (AvgIpc) is 2.96. The Morgan fingerprint density at radius 3 is 2.72 bits per heavy atom. The molecule has 0 aromatic carbocycles. The molecule has 2 amide bonds. The minimum absolute atomic E-state index is 0.000388. The van der Waals surface area contributed by atoms with Crippen molar-refractivity contribution < 1.29 is 9.59 Å². The Morgan fingerprint density at radius 1 is 1.07 bits per heavy atom. The van der Waals surface area contributed by atoms with Crippen LogP contribution in [0, 0.1) is 5.92 Å². The van der Waals surface area contributed by atoms with Gasteiger partial charge in [0.1, 0.15) is 0 Å². The van der Waals surface area contributed by atoms with E-state index >= 15 is 0 Å². The maximum Gasteiger partial charge on any atom is 0.225 e. The summed E-state index contributed by atoms with van der Waals surface area (Å²) in [6, 6.07) is 4.04. The van der Waals surface area contributed by atoms with Crippen LogP contribution in [0.4, 0.5) is 0 Å². The Bertz CT molecular complexity index is 654. The van der Waals surface area contributed by atoms with Crippen molar-refractivity contribution in [1.29, 1.82) is 0 Å². The number of likely N-dealkylation sites (N-methyl/N-ethyl adjacent to an activating group) is 1. The van der Waals surface area contributed by atoms with E-state index < -0.39 is 0 Å². The number of hydrogen-bond acceptors (Lipinski definition) is 5. The smallest absolute Gasteiger partial charge is 0.225 e. The van der Waals surface area contributed by atoms with Crippen LogP contribution in [0.15, 0.2) is 24.5 Å². The number of nitrogens with one attached hydrogen (secondary N) is 1. The van der Waals surface area contributed by atoms with E-state index in [-0.39, 0.29) is 17.7 Å². The highest BCUT2D eigenvalue weighted by Crippen LogP contribution is 2.18.